The van der Waals surface area contributed by atoms with Crippen LogP contribution in [0.2, 0.25) is 0 Å². The number of rotatable bonds is 1. The molecular weight excluding hydrogens is 394 g/mol. The van der Waals surface area contributed by atoms with Crippen molar-refractivity contribution >= 4 is 32.6 Å². The van der Waals surface area contributed by atoms with E-state index < -0.39 is 0 Å². The van der Waals surface area contributed by atoms with Gasteiger partial charge in [-0.2, -0.15) is 0 Å². The molecule has 132 valence electrons. The van der Waals surface area contributed by atoms with Gasteiger partial charge in [0.2, 0.25) is 0 Å². The summed E-state index contributed by atoms with van der Waals surface area (Å²) in [5.41, 5.74) is 5.72. The molecule has 0 amide bonds. The van der Waals surface area contributed by atoms with Gasteiger partial charge >= 0.3 is 5.63 Å². The lowest BCUT2D eigenvalue weighted by Crippen LogP contribution is -2.32. The molecule has 4 nitrogen and oxygen atoms in total. The number of anilines is 1. The molecule has 0 bridgehead atoms. The third-order valence-corrected chi connectivity index (χ3v) is 5.91. The topological polar surface area (TPSA) is 42.7 Å². The minimum absolute atomic E-state index is 0.181. The number of aryl methyl sites for hydroxylation is 2. The first kappa shape index (κ1) is 15.9. The van der Waals surface area contributed by atoms with Crippen molar-refractivity contribution in [2.45, 2.75) is 32.7 Å². The molecule has 0 saturated carbocycles. The number of hydrogen-bond acceptors (Lipinski definition) is 4. The highest BCUT2D eigenvalue weighted by atomic mass is 79.9. The minimum Gasteiger partial charge on any atom is -0.472 e. The third-order valence-electron chi connectivity index (χ3n) is 5.42. The molecule has 2 heterocycles. The molecule has 3 aromatic rings. The van der Waals surface area contributed by atoms with Crippen molar-refractivity contribution in [3.05, 3.63) is 67.5 Å². The van der Waals surface area contributed by atoms with Crippen LogP contribution in [0.1, 0.15) is 28.7 Å². The Labute approximate surface area is 159 Å². The maximum absolute atomic E-state index is 12.3. The highest BCUT2D eigenvalue weighted by Crippen LogP contribution is 2.39. The van der Waals surface area contributed by atoms with Gasteiger partial charge in [-0.15, -0.1) is 0 Å². The fourth-order valence-electron chi connectivity index (χ4n) is 4.18. The van der Waals surface area contributed by atoms with Gasteiger partial charge in [0.15, 0.2) is 6.73 Å². The molecule has 0 radical (unpaired) electrons. The summed E-state index contributed by atoms with van der Waals surface area (Å²) in [6.07, 6.45) is 2.80. The van der Waals surface area contributed by atoms with E-state index in [9.17, 15) is 4.79 Å². The molecule has 0 spiro atoms. The molecule has 1 aromatic heterocycles. The van der Waals surface area contributed by atoms with Crippen LogP contribution in [-0.2, 0) is 19.4 Å². The van der Waals surface area contributed by atoms with Crippen LogP contribution in [0.5, 0.6) is 5.75 Å². The van der Waals surface area contributed by atoms with Crippen molar-refractivity contribution < 1.29 is 9.15 Å². The average Bonchev–Trinajstić information content (AvgIpc) is 3.13. The predicted molar refractivity (Wildman–Crippen MR) is 105 cm³/mol. The van der Waals surface area contributed by atoms with Crippen LogP contribution in [-0.4, -0.2) is 6.73 Å². The standard InChI is InChI=1S/C21H18BrNO3/c1-12-19-13(10-23(11-25-19)15-5-2-4-14(22)9-15)8-18-16-6-3-7-17(16)21(24)26-20(12)18/h2,4-5,8-9H,3,6-7,10-11H2,1H3. The van der Waals surface area contributed by atoms with Crippen LogP contribution in [0.4, 0.5) is 5.69 Å². The zero-order valence-electron chi connectivity index (χ0n) is 14.5. The fourth-order valence-corrected chi connectivity index (χ4v) is 4.57. The molecule has 2 aliphatic rings. The monoisotopic (exact) mass is 411 g/mol. The molecule has 0 unspecified atom stereocenters. The van der Waals surface area contributed by atoms with E-state index in [2.05, 4.69) is 39.0 Å². The summed E-state index contributed by atoms with van der Waals surface area (Å²) >= 11 is 3.54. The Morgan fingerprint density at radius 2 is 2.00 bits per heavy atom. The molecule has 26 heavy (non-hydrogen) atoms. The maximum Gasteiger partial charge on any atom is 0.339 e. The Hall–Kier alpha value is -2.27. The van der Waals surface area contributed by atoms with E-state index >= 15 is 0 Å². The summed E-state index contributed by atoms with van der Waals surface area (Å²) in [6.45, 7) is 3.24. The predicted octanol–water partition coefficient (Wildman–Crippen LogP) is 4.71. The van der Waals surface area contributed by atoms with Crippen LogP contribution in [0, 0.1) is 6.92 Å². The molecule has 1 aliphatic heterocycles. The van der Waals surface area contributed by atoms with E-state index in [1.54, 1.807) is 0 Å². The molecule has 0 saturated heterocycles. The number of nitrogens with zero attached hydrogens (tertiary/aromatic N) is 1. The van der Waals surface area contributed by atoms with Crippen LogP contribution in [0.3, 0.4) is 0 Å². The second-order valence-corrected chi connectivity index (χ2v) is 7.93. The normalized spacial score (nSPS) is 15.7. The van der Waals surface area contributed by atoms with Gasteiger partial charge in [-0.05, 0) is 56.0 Å². The summed E-state index contributed by atoms with van der Waals surface area (Å²) in [7, 11) is 0. The lowest BCUT2D eigenvalue weighted by atomic mass is 9.99. The van der Waals surface area contributed by atoms with E-state index in [4.69, 9.17) is 9.15 Å². The van der Waals surface area contributed by atoms with Crippen molar-refractivity contribution in [1.29, 1.82) is 0 Å². The highest BCUT2D eigenvalue weighted by Gasteiger charge is 2.26. The van der Waals surface area contributed by atoms with Gasteiger partial charge in [0, 0.05) is 38.8 Å². The summed E-state index contributed by atoms with van der Waals surface area (Å²) < 4.78 is 12.8. The number of fused-ring (bicyclic) bond motifs is 4. The zero-order chi connectivity index (χ0) is 17.8. The van der Waals surface area contributed by atoms with Crippen LogP contribution in [0.25, 0.3) is 11.0 Å². The lowest BCUT2D eigenvalue weighted by Gasteiger charge is -2.32. The van der Waals surface area contributed by atoms with Gasteiger partial charge in [0.1, 0.15) is 11.3 Å². The van der Waals surface area contributed by atoms with Gasteiger partial charge in [-0.25, -0.2) is 4.79 Å². The Morgan fingerprint density at radius 3 is 2.85 bits per heavy atom. The summed E-state index contributed by atoms with van der Waals surface area (Å²) in [6, 6.07) is 10.4. The van der Waals surface area contributed by atoms with Crippen molar-refractivity contribution in [1.82, 2.24) is 0 Å². The third kappa shape index (κ3) is 2.37. The summed E-state index contributed by atoms with van der Waals surface area (Å²) in [5, 5.41) is 1.08. The quantitative estimate of drug-likeness (QED) is 0.543. The second-order valence-electron chi connectivity index (χ2n) is 7.02. The van der Waals surface area contributed by atoms with E-state index in [0.29, 0.717) is 12.3 Å². The zero-order valence-corrected chi connectivity index (χ0v) is 16.1. The number of ether oxygens (including phenoxy) is 1. The Morgan fingerprint density at radius 1 is 1.15 bits per heavy atom. The van der Waals surface area contributed by atoms with Gasteiger partial charge in [-0.3, -0.25) is 0 Å². The van der Waals surface area contributed by atoms with Gasteiger partial charge < -0.3 is 14.1 Å². The van der Waals surface area contributed by atoms with Gasteiger partial charge in [0.05, 0.1) is 0 Å². The summed E-state index contributed by atoms with van der Waals surface area (Å²) in [4.78, 5) is 14.5. The van der Waals surface area contributed by atoms with Gasteiger partial charge in [-0.1, -0.05) is 22.0 Å². The van der Waals surface area contributed by atoms with Crippen LogP contribution >= 0.6 is 15.9 Å². The molecular formula is C21H18BrNO3. The number of hydrogen-bond donors (Lipinski definition) is 0. The second kappa shape index (κ2) is 5.88. The first-order chi connectivity index (χ1) is 12.6. The Kier molecular flexibility index (Phi) is 3.60. The first-order valence-electron chi connectivity index (χ1n) is 8.86. The molecule has 0 fully saturated rings. The van der Waals surface area contributed by atoms with Crippen LogP contribution < -0.4 is 15.3 Å². The minimum atomic E-state index is -0.181. The van der Waals surface area contributed by atoms with E-state index in [0.717, 1.165) is 63.8 Å². The summed E-state index contributed by atoms with van der Waals surface area (Å²) in [5.74, 6) is 0.852. The Balaban J connectivity index is 1.65. The lowest BCUT2D eigenvalue weighted by molar-refractivity contribution is 0.287. The van der Waals surface area contributed by atoms with E-state index in [1.165, 1.54) is 5.56 Å². The van der Waals surface area contributed by atoms with Gasteiger partial charge in [0.25, 0.3) is 0 Å². The molecule has 0 atom stereocenters. The molecule has 2 aromatic carbocycles. The first-order valence-corrected chi connectivity index (χ1v) is 9.65. The van der Waals surface area contributed by atoms with Crippen molar-refractivity contribution in [3.63, 3.8) is 0 Å². The van der Waals surface area contributed by atoms with Crippen molar-refractivity contribution in [2.75, 3.05) is 11.6 Å². The van der Waals surface area contributed by atoms with Crippen molar-refractivity contribution in [2.24, 2.45) is 0 Å². The number of benzene rings is 2. The smallest absolute Gasteiger partial charge is 0.339 e. The van der Waals surface area contributed by atoms with E-state index in [-0.39, 0.29) is 5.63 Å². The molecule has 5 heteroatoms. The molecule has 5 rings (SSSR count). The average molecular weight is 412 g/mol. The Bertz CT molecular complexity index is 1100. The molecule has 1 aliphatic carbocycles. The highest BCUT2D eigenvalue weighted by molar-refractivity contribution is 9.10. The van der Waals surface area contributed by atoms with Crippen molar-refractivity contribution in [3.8, 4) is 5.75 Å². The number of halogens is 1. The van der Waals surface area contributed by atoms with E-state index in [1.807, 2.05) is 19.1 Å². The largest absolute Gasteiger partial charge is 0.472 e. The maximum atomic E-state index is 12.3. The van der Waals surface area contributed by atoms with Crippen LogP contribution in [0.15, 0.2) is 44.0 Å². The molecule has 0 N–H and O–H groups in total. The SMILES string of the molecule is Cc1c2c(cc3c4c(c(=O)oc13)CCC4)CN(c1cccc(Br)c1)CO2. The fraction of sp³-hybridized carbons (Fsp3) is 0.286.